The molecule has 0 saturated heterocycles. The van der Waals surface area contributed by atoms with Crippen LogP contribution in [0.2, 0.25) is 0 Å². The molecule has 0 radical (unpaired) electrons. The summed E-state index contributed by atoms with van der Waals surface area (Å²) in [6, 6.07) is 10.6. The van der Waals surface area contributed by atoms with Gasteiger partial charge in [-0.15, -0.1) is 0 Å². The average Bonchev–Trinajstić information content (AvgIpc) is 2.59. The van der Waals surface area contributed by atoms with Crippen molar-refractivity contribution in [1.82, 2.24) is 0 Å². The van der Waals surface area contributed by atoms with Crippen LogP contribution in [0.5, 0.6) is 5.75 Å². The van der Waals surface area contributed by atoms with Gasteiger partial charge in [-0.05, 0) is 43.4 Å². The first kappa shape index (κ1) is 19.5. The van der Waals surface area contributed by atoms with E-state index >= 15 is 0 Å². The molecule has 0 N–H and O–H groups in total. The Labute approximate surface area is 141 Å². The van der Waals surface area contributed by atoms with Crippen LogP contribution in [0.25, 0.3) is 0 Å². The molecule has 0 aliphatic heterocycles. The van der Waals surface area contributed by atoms with Gasteiger partial charge in [-0.25, -0.2) is 0 Å². The Kier molecular flexibility index (Phi) is 11.0. The van der Waals surface area contributed by atoms with Crippen LogP contribution >= 0.6 is 0 Å². The van der Waals surface area contributed by atoms with Gasteiger partial charge in [0.15, 0.2) is 0 Å². The van der Waals surface area contributed by atoms with Crippen molar-refractivity contribution in [2.75, 3.05) is 13.2 Å². The normalized spacial score (nSPS) is 11.9. The summed E-state index contributed by atoms with van der Waals surface area (Å²) >= 11 is 0. The van der Waals surface area contributed by atoms with Gasteiger partial charge in [0.1, 0.15) is 11.9 Å². The molecular weight excluding hydrogens is 286 g/mol. The fourth-order valence-corrected chi connectivity index (χ4v) is 2.37. The molecule has 0 aliphatic carbocycles. The molecular formula is C20H31NO2. The van der Waals surface area contributed by atoms with Gasteiger partial charge in [0.25, 0.3) is 0 Å². The lowest BCUT2D eigenvalue weighted by atomic mass is 10.1. The molecule has 0 aliphatic rings. The van der Waals surface area contributed by atoms with E-state index in [-0.39, 0.29) is 6.10 Å². The van der Waals surface area contributed by atoms with E-state index in [0.717, 1.165) is 50.9 Å². The Morgan fingerprint density at radius 3 is 2.35 bits per heavy atom. The first-order chi connectivity index (χ1) is 11.3. The van der Waals surface area contributed by atoms with Crippen molar-refractivity contribution in [3.8, 4) is 11.8 Å². The lowest BCUT2D eigenvalue weighted by Gasteiger charge is -2.10. The molecule has 0 spiro atoms. The number of unbranched alkanes of at least 4 members (excludes halogenated alkanes) is 3. The number of nitrogens with zero attached hydrogens (tertiary/aromatic N) is 1. The van der Waals surface area contributed by atoms with Gasteiger partial charge in [0, 0.05) is 6.61 Å². The third-order valence-electron chi connectivity index (χ3n) is 3.83. The van der Waals surface area contributed by atoms with Crippen LogP contribution in [0.1, 0.15) is 64.4 Å². The monoisotopic (exact) mass is 317 g/mol. The van der Waals surface area contributed by atoms with Crippen LogP contribution in [-0.2, 0) is 11.2 Å². The molecule has 3 heteroatoms. The molecule has 1 aromatic carbocycles. The highest BCUT2D eigenvalue weighted by Crippen LogP contribution is 2.14. The van der Waals surface area contributed by atoms with Gasteiger partial charge in [0.05, 0.1) is 12.7 Å². The van der Waals surface area contributed by atoms with Crippen molar-refractivity contribution in [1.29, 1.82) is 5.26 Å². The van der Waals surface area contributed by atoms with Gasteiger partial charge < -0.3 is 9.47 Å². The quantitative estimate of drug-likeness (QED) is 0.464. The first-order valence-corrected chi connectivity index (χ1v) is 9.03. The third-order valence-corrected chi connectivity index (χ3v) is 3.83. The summed E-state index contributed by atoms with van der Waals surface area (Å²) in [6.45, 7) is 5.78. The molecule has 0 aromatic heterocycles. The van der Waals surface area contributed by atoms with Crippen LogP contribution in [0.15, 0.2) is 24.3 Å². The minimum Gasteiger partial charge on any atom is -0.494 e. The first-order valence-electron chi connectivity index (χ1n) is 9.03. The van der Waals surface area contributed by atoms with Crippen molar-refractivity contribution in [2.24, 2.45) is 0 Å². The molecule has 1 unspecified atom stereocenters. The van der Waals surface area contributed by atoms with E-state index in [4.69, 9.17) is 14.7 Å². The maximum absolute atomic E-state index is 9.02. The lowest BCUT2D eigenvalue weighted by molar-refractivity contribution is 0.0811. The minimum absolute atomic E-state index is 0.242. The average molecular weight is 317 g/mol. The van der Waals surface area contributed by atoms with E-state index in [9.17, 15) is 0 Å². The molecule has 0 saturated carbocycles. The van der Waals surface area contributed by atoms with E-state index in [1.54, 1.807) is 0 Å². The van der Waals surface area contributed by atoms with Crippen LogP contribution < -0.4 is 4.74 Å². The van der Waals surface area contributed by atoms with Crippen molar-refractivity contribution >= 4 is 0 Å². The van der Waals surface area contributed by atoms with Crippen LogP contribution in [0.3, 0.4) is 0 Å². The summed E-state index contributed by atoms with van der Waals surface area (Å²) in [7, 11) is 0. The summed E-state index contributed by atoms with van der Waals surface area (Å²) in [5.74, 6) is 0.949. The van der Waals surface area contributed by atoms with Crippen molar-refractivity contribution in [3.63, 3.8) is 0 Å². The highest BCUT2D eigenvalue weighted by molar-refractivity contribution is 5.27. The zero-order chi connectivity index (χ0) is 16.8. The summed E-state index contributed by atoms with van der Waals surface area (Å²) < 4.78 is 11.3. The Balaban J connectivity index is 2.18. The molecule has 3 nitrogen and oxygen atoms in total. The van der Waals surface area contributed by atoms with E-state index in [0.29, 0.717) is 6.61 Å². The second kappa shape index (κ2) is 13.0. The highest BCUT2D eigenvalue weighted by Gasteiger charge is 2.06. The van der Waals surface area contributed by atoms with Gasteiger partial charge >= 0.3 is 0 Å². The number of aryl methyl sites for hydroxylation is 1. The maximum Gasteiger partial charge on any atom is 0.143 e. The molecule has 128 valence electrons. The number of rotatable bonds is 13. The number of benzene rings is 1. The summed E-state index contributed by atoms with van der Waals surface area (Å²) in [6.07, 6.45) is 8.24. The smallest absolute Gasteiger partial charge is 0.143 e. The topological polar surface area (TPSA) is 42.2 Å². The lowest BCUT2D eigenvalue weighted by Crippen LogP contribution is -2.11. The molecule has 0 fully saturated rings. The SMILES string of the molecule is CCCCCOc1ccc(CCCOC(C#N)CCCC)cc1. The predicted molar refractivity (Wildman–Crippen MR) is 94.7 cm³/mol. The Hall–Kier alpha value is -1.53. The van der Waals surface area contributed by atoms with Crippen LogP contribution in [-0.4, -0.2) is 19.3 Å². The number of ether oxygens (including phenoxy) is 2. The second-order valence-electron chi connectivity index (χ2n) is 5.93. The summed E-state index contributed by atoms with van der Waals surface area (Å²) in [5.41, 5.74) is 1.29. The molecule has 23 heavy (non-hydrogen) atoms. The van der Waals surface area contributed by atoms with E-state index in [1.807, 2.05) is 12.1 Å². The number of nitriles is 1. The van der Waals surface area contributed by atoms with Crippen molar-refractivity contribution in [2.45, 2.75) is 71.3 Å². The van der Waals surface area contributed by atoms with Crippen LogP contribution in [0, 0.1) is 11.3 Å². The molecule has 1 aromatic rings. The predicted octanol–water partition coefficient (Wildman–Crippen LogP) is 5.29. The molecule has 0 bridgehead atoms. The van der Waals surface area contributed by atoms with Gasteiger partial charge in [-0.2, -0.15) is 5.26 Å². The van der Waals surface area contributed by atoms with Gasteiger partial charge in [0.2, 0.25) is 0 Å². The molecule has 0 amide bonds. The molecule has 1 rings (SSSR count). The number of hydrogen-bond donors (Lipinski definition) is 0. The summed E-state index contributed by atoms with van der Waals surface area (Å²) in [4.78, 5) is 0. The van der Waals surface area contributed by atoms with Crippen molar-refractivity contribution in [3.05, 3.63) is 29.8 Å². The third kappa shape index (κ3) is 9.25. The zero-order valence-electron chi connectivity index (χ0n) is 14.7. The fourth-order valence-electron chi connectivity index (χ4n) is 2.37. The van der Waals surface area contributed by atoms with E-state index < -0.39 is 0 Å². The molecule has 0 heterocycles. The highest BCUT2D eigenvalue weighted by atomic mass is 16.5. The minimum atomic E-state index is -0.242. The zero-order valence-corrected chi connectivity index (χ0v) is 14.7. The molecule has 1 atom stereocenters. The second-order valence-corrected chi connectivity index (χ2v) is 5.93. The van der Waals surface area contributed by atoms with Crippen molar-refractivity contribution < 1.29 is 9.47 Å². The fraction of sp³-hybridized carbons (Fsp3) is 0.650. The Morgan fingerprint density at radius 2 is 1.70 bits per heavy atom. The standard InChI is InChI=1S/C20H31NO2/c1-3-5-7-15-22-19-13-11-18(12-14-19)9-8-16-23-20(17-21)10-6-4-2/h11-14,20H,3-10,15-16H2,1-2H3. The number of hydrogen-bond acceptors (Lipinski definition) is 3. The van der Waals surface area contributed by atoms with Gasteiger partial charge in [-0.3, -0.25) is 0 Å². The van der Waals surface area contributed by atoms with Gasteiger partial charge in [-0.1, -0.05) is 51.7 Å². The van der Waals surface area contributed by atoms with Crippen LogP contribution in [0.4, 0.5) is 0 Å². The summed E-state index contributed by atoms with van der Waals surface area (Å²) in [5, 5.41) is 9.02. The van der Waals surface area contributed by atoms with E-state index in [2.05, 4.69) is 32.0 Å². The maximum atomic E-state index is 9.02. The Morgan fingerprint density at radius 1 is 0.957 bits per heavy atom. The van der Waals surface area contributed by atoms with E-state index in [1.165, 1.54) is 18.4 Å². The largest absolute Gasteiger partial charge is 0.494 e. The Bertz CT molecular complexity index is 436.